The van der Waals surface area contributed by atoms with Crippen LogP contribution >= 0.6 is 11.6 Å². The molecule has 0 bridgehead atoms. The molecule has 0 atom stereocenters. The maximum absolute atomic E-state index is 12.9. The molecule has 6 nitrogen and oxygen atoms in total. The van der Waals surface area contributed by atoms with Gasteiger partial charge in [0.2, 0.25) is 5.88 Å². The summed E-state index contributed by atoms with van der Waals surface area (Å²) in [5.74, 6) is 0.523. The standard InChI is InChI=1S/C19H17ClN2O4S/c1-25-17-5-4-16(20)8-18(17)27(23,24)12-13-7-15(10-21-9-13)14-3-6-19(26-2)22-11-14/h3-11H,12H2,1-2H3. The molecule has 140 valence electrons. The van der Waals surface area contributed by atoms with Gasteiger partial charge in [-0.2, -0.15) is 0 Å². The topological polar surface area (TPSA) is 78.4 Å². The highest BCUT2D eigenvalue weighted by Crippen LogP contribution is 2.30. The number of nitrogens with zero attached hydrogens (tertiary/aromatic N) is 2. The van der Waals surface area contributed by atoms with Gasteiger partial charge in [-0.3, -0.25) is 4.98 Å². The Bertz CT molecular complexity index is 1050. The molecule has 0 fully saturated rings. The van der Waals surface area contributed by atoms with E-state index < -0.39 is 9.84 Å². The predicted octanol–water partition coefficient (Wildman–Crippen LogP) is 3.79. The zero-order valence-electron chi connectivity index (χ0n) is 14.7. The van der Waals surface area contributed by atoms with Crippen LogP contribution in [0.4, 0.5) is 0 Å². The van der Waals surface area contributed by atoms with E-state index in [0.717, 1.165) is 11.1 Å². The summed E-state index contributed by atoms with van der Waals surface area (Å²) in [5.41, 5.74) is 2.11. The number of aromatic nitrogens is 2. The number of halogens is 1. The number of sulfone groups is 1. The van der Waals surface area contributed by atoms with E-state index in [-0.39, 0.29) is 16.4 Å². The summed E-state index contributed by atoms with van der Waals surface area (Å²) in [7, 11) is -0.715. The molecule has 3 rings (SSSR count). The molecule has 0 aliphatic heterocycles. The minimum atomic E-state index is -3.67. The van der Waals surface area contributed by atoms with Crippen molar-refractivity contribution in [3.63, 3.8) is 0 Å². The van der Waals surface area contributed by atoms with E-state index in [1.165, 1.54) is 25.4 Å². The zero-order valence-corrected chi connectivity index (χ0v) is 16.3. The molecule has 1 aromatic carbocycles. The van der Waals surface area contributed by atoms with E-state index in [4.69, 9.17) is 21.1 Å². The summed E-state index contributed by atoms with van der Waals surface area (Å²) in [6, 6.07) is 9.84. The van der Waals surface area contributed by atoms with Crippen LogP contribution in [-0.2, 0) is 15.6 Å². The largest absolute Gasteiger partial charge is 0.495 e. The van der Waals surface area contributed by atoms with Crippen molar-refractivity contribution in [3.8, 4) is 22.8 Å². The van der Waals surface area contributed by atoms with Crippen molar-refractivity contribution in [2.75, 3.05) is 14.2 Å². The Morgan fingerprint density at radius 2 is 1.78 bits per heavy atom. The average molecular weight is 405 g/mol. The van der Waals surface area contributed by atoms with Gasteiger partial charge in [-0.1, -0.05) is 11.6 Å². The van der Waals surface area contributed by atoms with Gasteiger partial charge >= 0.3 is 0 Å². The van der Waals surface area contributed by atoms with Gasteiger partial charge < -0.3 is 9.47 Å². The minimum Gasteiger partial charge on any atom is -0.495 e. The molecule has 0 spiro atoms. The quantitative estimate of drug-likeness (QED) is 0.622. The molecular weight excluding hydrogens is 388 g/mol. The Balaban J connectivity index is 1.92. The van der Waals surface area contributed by atoms with Crippen molar-refractivity contribution in [2.45, 2.75) is 10.6 Å². The molecule has 0 unspecified atom stereocenters. The first kappa shape index (κ1) is 19.1. The van der Waals surface area contributed by atoms with Gasteiger partial charge in [-0.05, 0) is 35.9 Å². The molecule has 8 heteroatoms. The molecule has 2 aromatic heterocycles. The summed E-state index contributed by atoms with van der Waals surface area (Å²) < 4.78 is 36.0. The third-order valence-electron chi connectivity index (χ3n) is 3.89. The predicted molar refractivity (Wildman–Crippen MR) is 103 cm³/mol. The van der Waals surface area contributed by atoms with Gasteiger partial charge in [0, 0.05) is 40.8 Å². The van der Waals surface area contributed by atoms with Crippen molar-refractivity contribution >= 4 is 21.4 Å². The van der Waals surface area contributed by atoms with Crippen molar-refractivity contribution in [1.29, 1.82) is 0 Å². The first-order valence-corrected chi connectivity index (χ1v) is 9.96. The van der Waals surface area contributed by atoms with Crippen LogP contribution in [0.5, 0.6) is 11.6 Å². The monoisotopic (exact) mass is 404 g/mol. The number of hydrogen-bond acceptors (Lipinski definition) is 6. The molecule has 0 radical (unpaired) electrons. The van der Waals surface area contributed by atoms with E-state index in [2.05, 4.69) is 9.97 Å². The zero-order chi connectivity index (χ0) is 19.4. The lowest BCUT2D eigenvalue weighted by Gasteiger charge is -2.11. The normalized spacial score (nSPS) is 11.2. The second-order valence-corrected chi connectivity index (χ2v) is 8.12. The molecule has 2 heterocycles. The molecule has 0 amide bonds. The van der Waals surface area contributed by atoms with Gasteiger partial charge in [0.05, 0.1) is 20.0 Å². The molecule has 0 aliphatic carbocycles. The highest BCUT2D eigenvalue weighted by molar-refractivity contribution is 7.90. The molecule has 0 aliphatic rings. The Labute approximate surface area is 162 Å². The Hall–Kier alpha value is -2.64. The lowest BCUT2D eigenvalue weighted by atomic mass is 10.1. The van der Waals surface area contributed by atoms with E-state index in [1.54, 1.807) is 37.7 Å². The van der Waals surface area contributed by atoms with Gasteiger partial charge in [-0.15, -0.1) is 0 Å². The summed E-state index contributed by atoms with van der Waals surface area (Å²) >= 11 is 5.96. The highest BCUT2D eigenvalue weighted by Gasteiger charge is 2.21. The fourth-order valence-corrected chi connectivity index (χ4v) is 4.34. The van der Waals surface area contributed by atoms with Crippen LogP contribution < -0.4 is 9.47 Å². The summed E-state index contributed by atoms with van der Waals surface area (Å²) in [4.78, 5) is 8.37. The number of rotatable bonds is 6. The summed E-state index contributed by atoms with van der Waals surface area (Å²) in [6.45, 7) is 0. The molecule has 0 saturated carbocycles. The van der Waals surface area contributed by atoms with Crippen LogP contribution in [0.15, 0.2) is 59.9 Å². The van der Waals surface area contributed by atoms with Gasteiger partial charge in [0.25, 0.3) is 0 Å². The maximum atomic E-state index is 12.9. The summed E-state index contributed by atoms with van der Waals surface area (Å²) in [6.07, 6.45) is 4.82. The average Bonchev–Trinajstić information content (AvgIpc) is 2.68. The lowest BCUT2D eigenvalue weighted by Crippen LogP contribution is -2.07. The number of methoxy groups -OCH3 is 2. The number of benzene rings is 1. The number of hydrogen-bond donors (Lipinski definition) is 0. The smallest absolute Gasteiger partial charge is 0.212 e. The van der Waals surface area contributed by atoms with E-state index >= 15 is 0 Å². The second-order valence-electron chi connectivity index (χ2n) is 5.73. The number of pyridine rings is 2. The third kappa shape index (κ3) is 4.37. The lowest BCUT2D eigenvalue weighted by molar-refractivity contribution is 0.398. The highest BCUT2D eigenvalue weighted by atomic mass is 35.5. The minimum absolute atomic E-state index is 0.0500. The van der Waals surface area contributed by atoms with Gasteiger partial charge in [-0.25, -0.2) is 13.4 Å². The third-order valence-corrected chi connectivity index (χ3v) is 5.83. The second kappa shape index (κ2) is 7.94. The Kier molecular flexibility index (Phi) is 5.62. The van der Waals surface area contributed by atoms with Crippen LogP contribution in [0.1, 0.15) is 5.56 Å². The first-order valence-electron chi connectivity index (χ1n) is 7.93. The van der Waals surface area contributed by atoms with Crippen LogP contribution in [0.2, 0.25) is 5.02 Å². The van der Waals surface area contributed by atoms with Crippen molar-refractivity contribution in [2.24, 2.45) is 0 Å². The van der Waals surface area contributed by atoms with Gasteiger partial charge in [0.1, 0.15) is 10.6 Å². The van der Waals surface area contributed by atoms with Crippen LogP contribution in [0, 0.1) is 0 Å². The first-order chi connectivity index (χ1) is 12.9. The van der Waals surface area contributed by atoms with Crippen molar-refractivity contribution < 1.29 is 17.9 Å². The SMILES string of the molecule is COc1ccc(-c2cncc(CS(=O)(=O)c3cc(Cl)ccc3OC)c2)cn1. The van der Waals surface area contributed by atoms with Crippen molar-refractivity contribution in [1.82, 2.24) is 9.97 Å². The molecule has 27 heavy (non-hydrogen) atoms. The summed E-state index contributed by atoms with van der Waals surface area (Å²) in [5, 5.41) is 0.325. The Morgan fingerprint density at radius 3 is 2.44 bits per heavy atom. The molecular formula is C19H17ClN2O4S. The molecule has 0 saturated heterocycles. The number of ether oxygens (including phenoxy) is 2. The van der Waals surface area contributed by atoms with Crippen LogP contribution in [-0.4, -0.2) is 32.6 Å². The van der Waals surface area contributed by atoms with E-state index in [9.17, 15) is 8.42 Å². The van der Waals surface area contributed by atoms with Crippen molar-refractivity contribution in [3.05, 3.63) is 65.6 Å². The van der Waals surface area contributed by atoms with E-state index in [1.807, 2.05) is 6.07 Å². The van der Waals surface area contributed by atoms with Crippen LogP contribution in [0.25, 0.3) is 11.1 Å². The molecule has 0 N–H and O–H groups in total. The van der Waals surface area contributed by atoms with Crippen LogP contribution in [0.3, 0.4) is 0 Å². The fraction of sp³-hybridized carbons (Fsp3) is 0.158. The van der Waals surface area contributed by atoms with Gasteiger partial charge in [0.15, 0.2) is 9.84 Å². The maximum Gasteiger partial charge on any atom is 0.212 e. The fourth-order valence-electron chi connectivity index (χ4n) is 2.59. The molecule has 3 aromatic rings. The Morgan fingerprint density at radius 1 is 0.963 bits per heavy atom. The van der Waals surface area contributed by atoms with E-state index in [0.29, 0.717) is 16.5 Å².